The van der Waals surface area contributed by atoms with Crippen molar-refractivity contribution in [2.75, 3.05) is 5.32 Å². The molecule has 0 aliphatic heterocycles. The lowest BCUT2D eigenvalue weighted by Gasteiger charge is -2.26. The molecule has 2 heteroatoms. The summed E-state index contributed by atoms with van der Waals surface area (Å²) in [6.07, 6.45) is 0. The molecule has 1 N–H and O–H groups in total. The Bertz CT molecular complexity index is 395. The van der Waals surface area contributed by atoms with Gasteiger partial charge in [0.15, 0.2) is 0 Å². The maximum absolute atomic E-state index is 12.2. The lowest BCUT2D eigenvalue weighted by molar-refractivity contribution is -0.122. The fourth-order valence-electron chi connectivity index (χ4n) is 1.64. The smallest absolute Gasteiger partial charge is 0.227 e. The number of benzene rings is 1. The van der Waals surface area contributed by atoms with Gasteiger partial charge in [-0.25, -0.2) is 0 Å². The molecule has 0 spiro atoms. The predicted octanol–water partition coefficient (Wildman–Crippen LogP) is 3.92. The van der Waals surface area contributed by atoms with Crippen LogP contribution in [0.15, 0.2) is 18.2 Å². The van der Waals surface area contributed by atoms with Crippen LogP contribution in [0, 0.1) is 25.2 Å². The zero-order valence-corrected chi connectivity index (χ0v) is 11.7. The van der Waals surface area contributed by atoms with E-state index in [0.29, 0.717) is 0 Å². The summed E-state index contributed by atoms with van der Waals surface area (Å²) in [5.41, 5.74) is 3.16. The van der Waals surface area contributed by atoms with Gasteiger partial charge in [0.25, 0.3) is 0 Å². The summed E-state index contributed by atoms with van der Waals surface area (Å²) >= 11 is 0. The van der Waals surface area contributed by atoms with Gasteiger partial charge in [-0.2, -0.15) is 0 Å². The molecule has 0 saturated carbocycles. The van der Waals surface area contributed by atoms with Crippen LogP contribution in [0.3, 0.4) is 0 Å². The Morgan fingerprint density at radius 1 is 1.18 bits per heavy atom. The van der Waals surface area contributed by atoms with Gasteiger partial charge in [0.1, 0.15) is 0 Å². The van der Waals surface area contributed by atoms with Crippen LogP contribution in [-0.4, -0.2) is 5.91 Å². The molecular formula is C15H23NO. The number of carbonyl (C=O) groups is 1. The number of hydrogen-bond donors (Lipinski definition) is 1. The first-order valence-electron chi connectivity index (χ1n) is 6.10. The van der Waals surface area contributed by atoms with Crippen LogP contribution < -0.4 is 5.32 Å². The van der Waals surface area contributed by atoms with E-state index in [1.807, 2.05) is 39.0 Å². The molecule has 1 unspecified atom stereocenters. The number of amides is 1. The zero-order chi connectivity index (χ0) is 13.2. The highest BCUT2D eigenvalue weighted by molar-refractivity contribution is 5.94. The fourth-order valence-corrected chi connectivity index (χ4v) is 1.64. The molecular weight excluding hydrogens is 210 g/mol. The summed E-state index contributed by atoms with van der Waals surface area (Å²) in [7, 11) is 0. The Morgan fingerprint density at radius 2 is 1.65 bits per heavy atom. The van der Waals surface area contributed by atoms with E-state index in [9.17, 15) is 4.79 Å². The van der Waals surface area contributed by atoms with Crippen LogP contribution >= 0.6 is 0 Å². The molecule has 17 heavy (non-hydrogen) atoms. The average Bonchev–Trinajstić information content (AvgIpc) is 2.21. The first kappa shape index (κ1) is 13.8. The van der Waals surface area contributed by atoms with E-state index in [0.717, 1.165) is 16.8 Å². The van der Waals surface area contributed by atoms with E-state index in [4.69, 9.17) is 0 Å². The van der Waals surface area contributed by atoms with E-state index in [1.165, 1.54) is 0 Å². The number of rotatable bonds is 2. The molecule has 1 rings (SSSR count). The van der Waals surface area contributed by atoms with Gasteiger partial charge in [0.2, 0.25) is 5.91 Å². The number of hydrogen-bond acceptors (Lipinski definition) is 1. The molecule has 1 aromatic rings. The maximum Gasteiger partial charge on any atom is 0.227 e. The monoisotopic (exact) mass is 233 g/mol. The van der Waals surface area contributed by atoms with E-state index in [2.05, 4.69) is 26.1 Å². The summed E-state index contributed by atoms with van der Waals surface area (Å²) in [5.74, 6) is 0.0800. The van der Waals surface area contributed by atoms with Crippen LogP contribution in [0.1, 0.15) is 38.8 Å². The first-order chi connectivity index (χ1) is 7.73. The molecule has 1 amide bonds. The van der Waals surface area contributed by atoms with E-state index in [1.54, 1.807) is 0 Å². The Balaban J connectivity index is 2.89. The van der Waals surface area contributed by atoms with Crippen molar-refractivity contribution in [3.8, 4) is 0 Å². The number of nitrogens with one attached hydrogen (secondary N) is 1. The van der Waals surface area contributed by atoms with Crippen molar-refractivity contribution in [2.24, 2.45) is 11.3 Å². The molecule has 0 aromatic heterocycles. The van der Waals surface area contributed by atoms with Crippen LogP contribution in [0.25, 0.3) is 0 Å². The molecule has 94 valence electrons. The quantitative estimate of drug-likeness (QED) is 0.824. The topological polar surface area (TPSA) is 29.1 Å². The minimum atomic E-state index is -0.0132. The minimum Gasteiger partial charge on any atom is -0.325 e. The van der Waals surface area contributed by atoms with Crippen molar-refractivity contribution in [2.45, 2.75) is 41.5 Å². The van der Waals surface area contributed by atoms with Crippen molar-refractivity contribution in [3.05, 3.63) is 29.3 Å². The summed E-state index contributed by atoms with van der Waals surface area (Å²) in [4.78, 5) is 12.2. The van der Waals surface area contributed by atoms with Gasteiger partial charge in [0.05, 0.1) is 0 Å². The summed E-state index contributed by atoms with van der Waals surface area (Å²) in [6.45, 7) is 12.3. The molecule has 0 fully saturated rings. The van der Waals surface area contributed by atoms with Gasteiger partial charge in [-0.15, -0.1) is 0 Å². The van der Waals surface area contributed by atoms with Crippen LogP contribution in [0.2, 0.25) is 0 Å². The number of para-hydroxylation sites is 1. The predicted molar refractivity (Wildman–Crippen MR) is 73.2 cm³/mol. The number of carbonyl (C=O) groups excluding carboxylic acids is 1. The third-order valence-electron chi connectivity index (χ3n) is 3.42. The third-order valence-corrected chi connectivity index (χ3v) is 3.42. The standard InChI is InChI=1S/C15H23NO/c1-10-8-7-9-11(2)13(10)16-14(17)12(3)15(4,5)6/h7-9,12H,1-6H3,(H,16,17). The van der Waals surface area contributed by atoms with Crippen LogP contribution in [0.4, 0.5) is 5.69 Å². The molecule has 0 bridgehead atoms. The Kier molecular flexibility index (Phi) is 3.97. The highest BCUT2D eigenvalue weighted by Crippen LogP contribution is 2.28. The second-order valence-corrected chi connectivity index (χ2v) is 5.84. The van der Waals surface area contributed by atoms with Crippen molar-refractivity contribution < 1.29 is 4.79 Å². The van der Waals surface area contributed by atoms with Gasteiger partial charge in [-0.3, -0.25) is 4.79 Å². The third kappa shape index (κ3) is 3.32. The molecule has 0 aliphatic rings. The molecule has 0 saturated heterocycles. The summed E-state index contributed by atoms with van der Waals surface area (Å²) in [6, 6.07) is 6.04. The van der Waals surface area contributed by atoms with Gasteiger partial charge in [-0.05, 0) is 30.4 Å². The largest absolute Gasteiger partial charge is 0.325 e. The highest BCUT2D eigenvalue weighted by Gasteiger charge is 2.27. The lowest BCUT2D eigenvalue weighted by atomic mass is 9.81. The Hall–Kier alpha value is -1.31. The van der Waals surface area contributed by atoms with Crippen LogP contribution in [-0.2, 0) is 4.79 Å². The lowest BCUT2D eigenvalue weighted by Crippen LogP contribution is -2.31. The number of aryl methyl sites for hydroxylation is 2. The maximum atomic E-state index is 12.2. The first-order valence-corrected chi connectivity index (χ1v) is 6.10. The molecule has 0 radical (unpaired) electrons. The van der Waals surface area contributed by atoms with E-state index >= 15 is 0 Å². The molecule has 0 aliphatic carbocycles. The normalized spacial score (nSPS) is 13.3. The zero-order valence-electron chi connectivity index (χ0n) is 11.7. The van der Waals surface area contributed by atoms with Gasteiger partial charge in [0, 0.05) is 11.6 Å². The van der Waals surface area contributed by atoms with E-state index in [-0.39, 0.29) is 17.2 Å². The summed E-state index contributed by atoms with van der Waals surface area (Å²) < 4.78 is 0. The van der Waals surface area contributed by atoms with Crippen molar-refractivity contribution in [1.29, 1.82) is 0 Å². The fraction of sp³-hybridized carbons (Fsp3) is 0.533. The second kappa shape index (κ2) is 4.91. The van der Waals surface area contributed by atoms with Crippen molar-refractivity contribution in [1.82, 2.24) is 0 Å². The van der Waals surface area contributed by atoms with Crippen LogP contribution in [0.5, 0.6) is 0 Å². The molecule has 1 aromatic carbocycles. The molecule has 1 atom stereocenters. The van der Waals surface area contributed by atoms with E-state index < -0.39 is 0 Å². The van der Waals surface area contributed by atoms with Gasteiger partial charge < -0.3 is 5.32 Å². The van der Waals surface area contributed by atoms with Crippen molar-refractivity contribution in [3.63, 3.8) is 0 Å². The SMILES string of the molecule is Cc1cccc(C)c1NC(=O)C(C)C(C)(C)C. The summed E-state index contributed by atoms with van der Waals surface area (Å²) in [5, 5.41) is 3.05. The highest BCUT2D eigenvalue weighted by atomic mass is 16.1. The van der Waals surface area contributed by atoms with Gasteiger partial charge >= 0.3 is 0 Å². The van der Waals surface area contributed by atoms with Gasteiger partial charge in [-0.1, -0.05) is 45.9 Å². The average molecular weight is 233 g/mol. The minimum absolute atomic E-state index is 0.0125. The van der Waals surface area contributed by atoms with Crippen molar-refractivity contribution >= 4 is 11.6 Å². The Morgan fingerprint density at radius 3 is 2.06 bits per heavy atom. The Labute approximate surface area is 104 Å². The number of anilines is 1. The molecule has 0 heterocycles. The second-order valence-electron chi connectivity index (χ2n) is 5.84. The molecule has 2 nitrogen and oxygen atoms in total.